The van der Waals surface area contributed by atoms with Crippen molar-refractivity contribution in [3.8, 4) is 22.9 Å². The van der Waals surface area contributed by atoms with Crippen LogP contribution in [0.25, 0.3) is 5.69 Å². The maximum atomic E-state index is 12.5. The van der Waals surface area contributed by atoms with Crippen molar-refractivity contribution in [2.24, 2.45) is 0 Å². The van der Waals surface area contributed by atoms with Gasteiger partial charge in [-0.15, -0.1) is 0 Å². The molecule has 2 heterocycles. The maximum Gasteiger partial charge on any atom is 0.226 e. The number of methoxy groups -OCH3 is 2. The summed E-state index contributed by atoms with van der Waals surface area (Å²) in [5, 5.41) is 18.0. The number of aromatic nitrogens is 2. The molecule has 0 aliphatic carbocycles. The number of amides is 1. The SMILES string of the molecule is COc1cc(C2CC(=O)Nc3c2cnn3-c2ccccc2Cl)cc(OC)c1O. The predicted molar refractivity (Wildman–Crippen MR) is 105 cm³/mol. The first-order chi connectivity index (χ1) is 13.5. The minimum absolute atomic E-state index is 0.0824. The zero-order chi connectivity index (χ0) is 19.8. The number of carbonyl (C=O) groups is 1. The van der Waals surface area contributed by atoms with Gasteiger partial charge < -0.3 is 19.9 Å². The molecule has 1 aromatic heterocycles. The number of hydrogen-bond acceptors (Lipinski definition) is 5. The minimum Gasteiger partial charge on any atom is -0.502 e. The van der Waals surface area contributed by atoms with Gasteiger partial charge in [0.1, 0.15) is 5.82 Å². The van der Waals surface area contributed by atoms with Gasteiger partial charge in [0.25, 0.3) is 0 Å². The Bertz CT molecular complexity index is 1040. The van der Waals surface area contributed by atoms with Crippen molar-refractivity contribution < 1.29 is 19.4 Å². The highest BCUT2D eigenvalue weighted by Crippen LogP contribution is 2.44. The zero-order valence-corrected chi connectivity index (χ0v) is 16.0. The summed E-state index contributed by atoms with van der Waals surface area (Å²) in [5.74, 6) is 0.628. The van der Waals surface area contributed by atoms with E-state index in [1.54, 1.807) is 29.1 Å². The number of phenolic OH excluding ortho intramolecular Hbond substituents is 1. The Morgan fingerprint density at radius 3 is 2.54 bits per heavy atom. The van der Waals surface area contributed by atoms with Gasteiger partial charge in [0, 0.05) is 17.9 Å². The Balaban J connectivity index is 1.85. The van der Waals surface area contributed by atoms with Gasteiger partial charge in [-0.25, -0.2) is 4.68 Å². The molecule has 1 aliphatic heterocycles. The highest BCUT2D eigenvalue weighted by atomic mass is 35.5. The van der Waals surface area contributed by atoms with Crippen LogP contribution in [0, 0.1) is 0 Å². The molecule has 0 saturated heterocycles. The van der Waals surface area contributed by atoms with E-state index in [0.29, 0.717) is 16.5 Å². The number of fused-ring (bicyclic) bond motifs is 1. The molecule has 3 aromatic rings. The van der Waals surface area contributed by atoms with Gasteiger partial charge in [-0.3, -0.25) is 4.79 Å². The summed E-state index contributed by atoms with van der Waals surface area (Å²) in [5.41, 5.74) is 2.29. The molecule has 1 amide bonds. The number of halogens is 1. The highest BCUT2D eigenvalue weighted by Gasteiger charge is 2.32. The third-order valence-electron chi connectivity index (χ3n) is 4.81. The van der Waals surface area contributed by atoms with Gasteiger partial charge >= 0.3 is 0 Å². The zero-order valence-electron chi connectivity index (χ0n) is 15.3. The largest absolute Gasteiger partial charge is 0.502 e. The molecular weight excluding hydrogens is 382 g/mol. The number of carbonyl (C=O) groups excluding carboxylic acids is 1. The second kappa shape index (κ2) is 7.09. The minimum atomic E-state index is -0.275. The summed E-state index contributed by atoms with van der Waals surface area (Å²) >= 11 is 6.31. The van der Waals surface area contributed by atoms with E-state index in [1.807, 2.05) is 18.2 Å². The number of hydrogen-bond donors (Lipinski definition) is 2. The molecule has 28 heavy (non-hydrogen) atoms. The van der Waals surface area contributed by atoms with Crippen molar-refractivity contribution in [1.29, 1.82) is 0 Å². The first-order valence-corrected chi connectivity index (χ1v) is 8.98. The second-order valence-corrected chi connectivity index (χ2v) is 6.80. The molecule has 7 nitrogen and oxygen atoms in total. The number of aromatic hydroxyl groups is 1. The fraction of sp³-hybridized carbons (Fsp3) is 0.200. The fourth-order valence-electron chi connectivity index (χ4n) is 3.44. The van der Waals surface area contributed by atoms with Gasteiger partial charge in [0.05, 0.1) is 31.1 Å². The van der Waals surface area contributed by atoms with Gasteiger partial charge in [0.2, 0.25) is 11.7 Å². The number of benzene rings is 2. The fourth-order valence-corrected chi connectivity index (χ4v) is 3.65. The lowest BCUT2D eigenvalue weighted by Crippen LogP contribution is -2.24. The summed E-state index contributed by atoms with van der Waals surface area (Å²) in [6, 6.07) is 10.7. The molecule has 1 aliphatic rings. The summed E-state index contributed by atoms with van der Waals surface area (Å²) in [6.45, 7) is 0. The Morgan fingerprint density at radius 1 is 1.21 bits per heavy atom. The third-order valence-corrected chi connectivity index (χ3v) is 5.13. The molecule has 1 atom stereocenters. The molecule has 0 fully saturated rings. The Hall–Kier alpha value is -3.19. The van der Waals surface area contributed by atoms with E-state index in [4.69, 9.17) is 21.1 Å². The Kier molecular flexibility index (Phi) is 4.60. The van der Waals surface area contributed by atoms with E-state index >= 15 is 0 Å². The van der Waals surface area contributed by atoms with E-state index in [9.17, 15) is 9.90 Å². The van der Waals surface area contributed by atoms with Crippen LogP contribution in [-0.2, 0) is 4.79 Å². The smallest absolute Gasteiger partial charge is 0.226 e. The highest BCUT2D eigenvalue weighted by molar-refractivity contribution is 6.32. The Labute approximate surface area is 166 Å². The standard InChI is InChI=1S/C20H18ClN3O4/c1-27-16-7-11(8-17(28-2)19(16)26)12-9-18(25)23-20-13(12)10-22-24(20)15-6-4-3-5-14(15)21/h3-8,10,12,26H,9H2,1-2H3,(H,23,25). The number of nitrogens with zero attached hydrogens (tertiary/aromatic N) is 2. The summed E-state index contributed by atoms with van der Waals surface area (Å²) in [6.07, 6.45) is 1.95. The number of nitrogens with one attached hydrogen (secondary N) is 1. The molecule has 0 radical (unpaired) electrons. The third kappa shape index (κ3) is 2.93. The Morgan fingerprint density at radius 2 is 1.89 bits per heavy atom. The van der Waals surface area contributed by atoms with Crippen LogP contribution in [0.1, 0.15) is 23.5 Å². The average molecular weight is 400 g/mol. The van der Waals surface area contributed by atoms with Crippen molar-refractivity contribution in [3.05, 3.63) is 58.7 Å². The lowest BCUT2D eigenvalue weighted by molar-refractivity contribution is -0.116. The van der Waals surface area contributed by atoms with Crippen LogP contribution in [0.15, 0.2) is 42.6 Å². The van der Waals surface area contributed by atoms with E-state index in [0.717, 1.165) is 11.1 Å². The molecule has 0 bridgehead atoms. The molecular formula is C20H18ClN3O4. The van der Waals surface area contributed by atoms with E-state index in [1.165, 1.54) is 14.2 Å². The molecule has 4 rings (SSSR count). The normalized spacial score (nSPS) is 15.7. The number of para-hydroxylation sites is 1. The van der Waals surface area contributed by atoms with Gasteiger partial charge in [-0.05, 0) is 29.8 Å². The van der Waals surface area contributed by atoms with E-state index < -0.39 is 0 Å². The van der Waals surface area contributed by atoms with Gasteiger partial charge in [-0.2, -0.15) is 5.10 Å². The van der Waals surface area contributed by atoms with Gasteiger partial charge in [0.15, 0.2) is 11.5 Å². The lowest BCUT2D eigenvalue weighted by atomic mass is 9.87. The molecule has 144 valence electrons. The molecule has 8 heteroatoms. The average Bonchev–Trinajstić information content (AvgIpc) is 3.11. The van der Waals surface area contributed by atoms with Crippen molar-refractivity contribution in [3.63, 3.8) is 0 Å². The van der Waals surface area contributed by atoms with Crippen molar-refractivity contribution in [2.45, 2.75) is 12.3 Å². The second-order valence-electron chi connectivity index (χ2n) is 6.39. The first-order valence-electron chi connectivity index (χ1n) is 8.61. The summed E-state index contributed by atoms with van der Waals surface area (Å²) in [4.78, 5) is 12.5. The first kappa shape index (κ1) is 18.2. The predicted octanol–water partition coefficient (Wildman–Crippen LogP) is 3.72. The summed E-state index contributed by atoms with van der Waals surface area (Å²) < 4.78 is 12.1. The topological polar surface area (TPSA) is 85.6 Å². The van der Waals surface area contributed by atoms with E-state index in [2.05, 4.69) is 10.4 Å². The van der Waals surface area contributed by atoms with Crippen LogP contribution >= 0.6 is 11.6 Å². The van der Waals surface area contributed by atoms with Crippen LogP contribution in [0.2, 0.25) is 5.02 Å². The monoisotopic (exact) mass is 399 g/mol. The van der Waals surface area contributed by atoms with Crippen LogP contribution < -0.4 is 14.8 Å². The van der Waals surface area contributed by atoms with E-state index in [-0.39, 0.29) is 35.5 Å². The van der Waals surface area contributed by atoms with Crippen molar-refractivity contribution >= 4 is 23.3 Å². The van der Waals surface area contributed by atoms with Crippen LogP contribution in [-0.4, -0.2) is 35.0 Å². The summed E-state index contributed by atoms with van der Waals surface area (Å²) in [7, 11) is 2.93. The quantitative estimate of drug-likeness (QED) is 0.698. The lowest BCUT2D eigenvalue weighted by Gasteiger charge is -2.25. The number of rotatable bonds is 4. The van der Waals surface area contributed by atoms with Crippen LogP contribution in [0.4, 0.5) is 5.82 Å². The molecule has 2 aromatic carbocycles. The number of phenols is 1. The number of ether oxygens (including phenoxy) is 2. The molecule has 1 unspecified atom stereocenters. The molecule has 0 saturated carbocycles. The molecule has 2 N–H and O–H groups in total. The maximum absolute atomic E-state index is 12.5. The van der Waals surface area contributed by atoms with Crippen molar-refractivity contribution in [1.82, 2.24) is 9.78 Å². The van der Waals surface area contributed by atoms with Crippen LogP contribution in [0.5, 0.6) is 17.2 Å². The van der Waals surface area contributed by atoms with Crippen LogP contribution in [0.3, 0.4) is 0 Å². The molecule has 0 spiro atoms. The number of anilines is 1. The van der Waals surface area contributed by atoms with Gasteiger partial charge in [-0.1, -0.05) is 23.7 Å². The van der Waals surface area contributed by atoms with Crippen molar-refractivity contribution in [2.75, 3.05) is 19.5 Å².